The molecule has 0 aliphatic carbocycles. The molecule has 1 atom stereocenters. The Morgan fingerprint density at radius 3 is 2.71 bits per heavy atom. The Labute approximate surface area is 121 Å². The highest BCUT2D eigenvalue weighted by Gasteiger charge is 2.13. The monoisotopic (exact) mass is 288 g/mol. The lowest BCUT2D eigenvalue weighted by molar-refractivity contribution is -0.137. The van der Waals surface area contributed by atoms with E-state index in [2.05, 4.69) is 15.6 Å². The van der Waals surface area contributed by atoms with Crippen molar-refractivity contribution in [3.63, 3.8) is 0 Å². The zero-order valence-corrected chi connectivity index (χ0v) is 11.6. The van der Waals surface area contributed by atoms with E-state index in [1.54, 1.807) is 6.92 Å². The molecule has 0 fully saturated rings. The highest BCUT2D eigenvalue weighted by atomic mass is 16.4. The number of amides is 1. The number of carbonyl (C=O) groups excluding carboxylic acids is 1. The van der Waals surface area contributed by atoms with E-state index >= 15 is 0 Å². The number of carboxylic acid groups (broad SMARTS) is 1. The van der Waals surface area contributed by atoms with Gasteiger partial charge in [0, 0.05) is 13.0 Å². The third-order valence-corrected chi connectivity index (χ3v) is 2.88. The van der Waals surface area contributed by atoms with Crippen LogP contribution in [0, 0.1) is 5.92 Å². The van der Waals surface area contributed by atoms with Gasteiger partial charge in [0.25, 0.3) is 5.91 Å². The predicted molar refractivity (Wildman–Crippen MR) is 75.1 cm³/mol. The van der Waals surface area contributed by atoms with E-state index in [9.17, 15) is 9.59 Å². The van der Waals surface area contributed by atoms with Gasteiger partial charge in [0.2, 0.25) is 0 Å². The van der Waals surface area contributed by atoms with Crippen LogP contribution < -0.4 is 5.32 Å². The topological polar surface area (TPSA) is 97.1 Å². The quantitative estimate of drug-likeness (QED) is 0.829. The lowest BCUT2D eigenvalue weighted by atomic mass is 10.1. The molecule has 0 saturated carbocycles. The number of benzene rings is 1. The van der Waals surface area contributed by atoms with Crippen molar-refractivity contribution in [3.05, 3.63) is 42.2 Å². The number of para-hydroxylation sites is 1. The summed E-state index contributed by atoms with van der Waals surface area (Å²) in [5.74, 6) is -1.39. The molecule has 7 nitrogen and oxygen atoms in total. The minimum absolute atomic E-state index is 0.0109. The zero-order valence-electron chi connectivity index (χ0n) is 11.6. The first-order chi connectivity index (χ1) is 10.1. The van der Waals surface area contributed by atoms with E-state index in [0.29, 0.717) is 0 Å². The standard InChI is InChI=1S/C14H16N4O3/c1-10(7-13(19)20)8-15-14(21)12-9-18(17-16-12)11-5-3-2-4-6-11/h2-6,9-10H,7-8H2,1H3,(H,15,21)(H,19,20). The molecule has 0 spiro atoms. The van der Waals surface area contributed by atoms with Gasteiger partial charge < -0.3 is 10.4 Å². The molecule has 1 heterocycles. The fourth-order valence-electron chi connectivity index (χ4n) is 1.80. The molecule has 1 aromatic heterocycles. The highest BCUT2D eigenvalue weighted by Crippen LogP contribution is 2.06. The van der Waals surface area contributed by atoms with Crippen molar-refractivity contribution >= 4 is 11.9 Å². The summed E-state index contributed by atoms with van der Waals surface area (Å²) in [4.78, 5) is 22.5. The molecule has 21 heavy (non-hydrogen) atoms. The van der Waals surface area contributed by atoms with Gasteiger partial charge in [0.05, 0.1) is 11.9 Å². The average Bonchev–Trinajstić information content (AvgIpc) is 2.95. The van der Waals surface area contributed by atoms with Gasteiger partial charge in [-0.2, -0.15) is 0 Å². The van der Waals surface area contributed by atoms with Crippen molar-refractivity contribution in [1.29, 1.82) is 0 Å². The molecule has 1 amide bonds. The van der Waals surface area contributed by atoms with Crippen LogP contribution in [0.2, 0.25) is 0 Å². The molecule has 2 rings (SSSR count). The van der Waals surface area contributed by atoms with E-state index in [1.165, 1.54) is 10.9 Å². The molecule has 110 valence electrons. The summed E-state index contributed by atoms with van der Waals surface area (Å²) < 4.78 is 1.51. The summed E-state index contributed by atoms with van der Waals surface area (Å²) in [6, 6.07) is 9.32. The molecule has 0 radical (unpaired) electrons. The van der Waals surface area contributed by atoms with Crippen LogP contribution in [0.25, 0.3) is 5.69 Å². The third-order valence-electron chi connectivity index (χ3n) is 2.88. The van der Waals surface area contributed by atoms with Crippen molar-refractivity contribution in [3.8, 4) is 5.69 Å². The van der Waals surface area contributed by atoms with E-state index in [0.717, 1.165) is 5.69 Å². The number of nitrogens with zero attached hydrogens (tertiary/aromatic N) is 3. The van der Waals surface area contributed by atoms with Crippen LogP contribution in [0.3, 0.4) is 0 Å². The summed E-state index contributed by atoms with van der Waals surface area (Å²) in [5.41, 5.74) is 1.00. The largest absolute Gasteiger partial charge is 0.481 e. The Kier molecular flexibility index (Phi) is 4.65. The second-order valence-electron chi connectivity index (χ2n) is 4.80. The fraction of sp³-hybridized carbons (Fsp3) is 0.286. The normalized spacial score (nSPS) is 11.9. The van der Waals surface area contributed by atoms with Crippen molar-refractivity contribution in [2.45, 2.75) is 13.3 Å². The Bertz CT molecular complexity index is 624. The summed E-state index contributed by atoms with van der Waals surface area (Å²) in [5, 5.41) is 19.0. The Balaban J connectivity index is 1.95. The number of rotatable bonds is 6. The number of aliphatic carboxylic acids is 1. The van der Waals surface area contributed by atoms with Crippen LogP contribution in [0.15, 0.2) is 36.5 Å². The van der Waals surface area contributed by atoms with Crippen LogP contribution in [-0.4, -0.2) is 38.5 Å². The third kappa shape index (κ3) is 4.13. The van der Waals surface area contributed by atoms with Gasteiger partial charge in [-0.05, 0) is 18.1 Å². The number of carbonyl (C=O) groups is 2. The van der Waals surface area contributed by atoms with Crippen LogP contribution in [-0.2, 0) is 4.79 Å². The molecule has 2 aromatic rings. The highest BCUT2D eigenvalue weighted by molar-refractivity contribution is 5.91. The van der Waals surface area contributed by atoms with E-state index < -0.39 is 5.97 Å². The lowest BCUT2D eigenvalue weighted by Gasteiger charge is -2.08. The summed E-state index contributed by atoms with van der Waals surface area (Å²) in [7, 11) is 0. The van der Waals surface area contributed by atoms with Crippen molar-refractivity contribution in [2.75, 3.05) is 6.54 Å². The van der Waals surface area contributed by atoms with Gasteiger partial charge in [0.1, 0.15) is 0 Å². The van der Waals surface area contributed by atoms with Gasteiger partial charge >= 0.3 is 5.97 Å². The fourth-order valence-corrected chi connectivity index (χ4v) is 1.80. The lowest BCUT2D eigenvalue weighted by Crippen LogP contribution is -2.29. The number of aromatic nitrogens is 3. The minimum Gasteiger partial charge on any atom is -0.481 e. The van der Waals surface area contributed by atoms with E-state index in [1.807, 2.05) is 30.3 Å². The van der Waals surface area contributed by atoms with Gasteiger partial charge in [0.15, 0.2) is 5.69 Å². The Hall–Kier alpha value is -2.70. The van der Waals surface area contributed by atoms with Gasteiger partial charge in [-0.1, -0.05) is 30.3 Å². The molecular weight excluding hydrogens is 272 g/mol. The molecule has 0 bridgehead atoms. The van der Waals surface area contributed by atoms with Gasteiger partial charge in [-0.3, -0.25) is 9.59 Å². The van der Waals surface area contributed by atoms with Gasteiger partial charge in [-0.15, -0.1) is 5.10 Å². The molecule has 0 aliphatic heterocycles. The smallest absolute Gasteiger partial charge is 0.303 e. The number of hydrogen-bond acceptors (Lipinski definition) is 4. The number of hydrogen-bond donors (Lipinski definition) is 2. The minimum atomic E-state index is -0.883. The van der Waals surface area contributed by atoms with Crippen LogP contribution in [0.5, 0.6) is 0 Å². The van der Waals surface area contributed by atoms with Crippen molar-refractivity contribution in [2.24, 2.45) is 5.92 Å². The average molecular weight is 288 g/mol. The van der Waals surface area contributed by atoms with Crippen LogP contribution in [0.4, 0.5) is 0 Å². The first-order valence-electron chi connectivity index (χ1n) is 6.54. The SMILES string of the molecule is CC(CNC(=O)c1cn(-c2ccccc2)nn1)CC(=O)O. The summed E-state index contributed by atoms with van der Waals surface area (Å²) in [6.45, 7) is 2.04. The first-order valence-corrected chi connectivity index (χ1v) is 6.54. The Morgan fingerprint density at radius 1 is 1.33 bits per heavy atom. The molecule has 0 saturated heterocycles. The maximum Gasteiger partial charge on any atom is 0.303 e. The van der Waals surface area contributed by atoms with Crippen molar-refractivity contribution < 1.29 is 14.7 Å². The molecule has 0 aliphatic rings. The Morgan fingerprint density at radius 2 is 2.05 bits per heavy atom. The second kappa shape index (κ2) is 6.65. The summed E-state index contributed by atoms with van der Waals surface area (Å²) in [6.07, 6.45) is 1.55. The van der Waals surface area contributed by atoms with E-state index in [-0.39, 0.29) is 30.5 Å². The van der Waals surface area contributed by atoms with E-state index in [4.69, 9.17) is 5.11 Å². The van der Waals surface area contributed by atoms with Crippen LogP contribution >= 0.6 is 0 Å². The van der Waals surface area contributed by atoms with Gasteiger partial charge in [-0.25, -0.2) is 4.68 Å². The first kappa shape index (κ1) is 14.7. The second-order valence-corrected chi connectivity index (χ2v) is 4.80. The molecule has 1 aromatic carbocycles. The maximum atomic E-state index is 11.9. The maximum absolute atomic E-state index is 11.9. The molecule has 2 N–H and O–H groups in total. The predicted octanol–water partition coefficient (Wildman–Crippen LogP) is 1.11. The molecule has 1 unspecified atom stereocenters. The zero-order chi connectivity index (χ0) is 15.2. The molecular formula is C14H16N4O3. The molecule has 7 heteroatoms. The van der Waals surface area contributed by atoms with Crippen LogP contribution in [0.1, 0.15) is 23.8 Å². The number of carboxylic acids is 1. The number of nitrogens with one attached hydrogen (secondary N) is 1. The van der Waals surface area contributed by atoms with Crippen molar-refractivity contribution in [1.82, 2.24) is 20.3 Å². The summed E-state index contributed by atoms with van der Waals surface area (Å²) >= 11 is 0.